The molecule has 0 aliphatic carbocycles. The third-order valence-electron chi connectivity index (χ3n) is 3.25. The summed E-state index contributed by atoms with van der Waals surface area (Å²) in [4.78, 5) is 24.4. The van der Waals surface area contributed by atoms with Crippen molar-refractivity contribution in [3.63, 3.8) is 0 Å². The number of likely N-dealkylation sites (tertiary alicyclic amines) is 1. The van der Waals surface area contributed by atoms with Crippen molar-refractivity contribution in [2.24, 2.45) is 5.92 Å². The van der Waals surface area contributed by atoms with Gasteiger partial charge in [-0.1, -0.05) is 6.07 Å². The molecule has 2 N–H and O–H groups in total. The molecule has 0 saturated carbocycles. The van der Waals surface area contributed by atoms with E-state index in [2.05, 4.69) is 21.2 Å². The number of hydrogen-bond donors (Lipinski definition) is 2. The Hall–Kier alpha value is -1.63. The standard InChI is InChI=1S/C13H14BrFN2O3/c14-9-4-1-5-10(15)11(9)16-13(20)17-6-2-3-8(7-17)12(18)19/h1,4-5,8H,2-3,6-7H2,(H,16,20)(H,18,19)/t8-/m0/s1. The quantitative estimate of drug-likeness (QED) is 0.866. The predicted molar refractivity (Wildman–Crippen MR) is 75.1 cm³/mol. The third-order valence-corrected chi connectivity index (χ3v) is 3.91. The lowest BCUT2D eigenvalue weighted by atomic mass is 9.99. The first-order chi connectivity index (χ1) is 9.49. The highest BCUT2D eigenvalue weighted by atomic mass is 79.9. The smallest absolute Gasteiger partial charge is 0.321 e. The number of benzene rings is 1. The number of para-hydroxylation sites is 1. The van der Waals surface area contributed by atoms with E-state index in [0.717, 1.165) is 0 Å². The zero-order valence-electron chi connectivity index (χ0n) is 10.6. The summed E-state index contributed by atoms with van der Waals surface area (Å²) < 4.78 is 14.1. The number of anilines is 1. The molecule has 7 heteroatoms. The maximum atomic E-state index is 13.6. The van der Waals surface area contributed by atoms with Crippen LogP contribution in [0.25, 0.3) is 0 Å². The summed E-state index contributed by atoms with van der Waals surface area (Å²) in [6.45, 7) is 0.620. The van der Waals surface area contributed by atoms with Crippen molar-refractivity contribution in [1.29, 1.82) is 0 Å². The molecule has 1 aromatic carbocycles. The van der Waals surface area contributed by atoms with Gasteiger partial charge in [0.1, 0.15) is 5.82 Å². The van der Waals surface area contributed by atoms with E-state index in [1.54, 1.807) is 6.07 Å². The number of carboxylic acid groups (broad SMARTS) is 1. The normalized spacial score (nSPS) is 18.7. The number of rotatable bonds is 2. The number of nitrogens with zero attached hydrogens (tertiary/aromatic N) is 1. The van der Waals surface area contributed by atoms with Gasteiger partial charge in [0.15, 0.2) is 0 Å². The average Bonchev–Trinajstić information content (AvgIpc) is 2.43. The van der Waals surface area contributed by atoms with E-state index in [9.17, 15) is 14.0 Å². The Labute approximate surface area is 123 Å². The van der Waals surface area contributed by atoms with E-state index in [0.29, 0.717) is 23.9 Å². The minimum atomic E-state index is -0.908. The van der Waals surface area contributed by atoms with Gasteiger partial charge in [0.05, 0.1) is 11.6 Å². The summed E-state index contributed by atoms with van der Waals surface area (Å²) in [7, 11) is 0. The Morgan fingerprint density at radius 1 is 1.45 bits per heavy atom. The summed E-state index contributed by atoms with van der Waals surface area (Å²) in [5.74, 6) is -2.01. The fraction of sp³-hybridized carbons (Fsp3) is 0.385. The number of urea groups is 1. The first kappa shape index (κ1) is 14.8. The Bertz CT molecular complexity index is 518. The predicted octanol–water partition coefficient (Wildman–Crippen LogP) is 2.92. The number of amides is 2. The number of carboxylic acids is 1. The van der Waals surface area contributed by atoms with Crippen molar-refractivity contribution in [2.45, 2.75) is 12.8 Å². The van der Waals surface area contributed by atoms with Crippen LogP contribution in [0, 0.1) is 11.7 Å². The first-order valence-electron chi connectivity index (χ1n) is 6.22. The maximum Gasteiger partial charge on any atom is 0.321 e. The lowest BCUT2D eigenvalue weighted by Crippen LogP contribution is -2.44. The van der Waals surface area contributed by atoms with Crippen LogP contribution < -0.4 is 5.32 Å². The second-order valence-corrected chi connectivity index (χ2v) is 5.50. The Morgan fingerprint density at radius 2 is 2.20 bits per heavy atom. The van der Waals surface area contributed by atoms with Crippen molar-refractivity contribution < 1.29 is 19.1 Å². The number of piperidine rings is 1. The minimum absolute atomic E-state index is 0.0648. The summed E-state index contributed by atoms with van der Waals surface area (Å²) >= 11 is 3.17. The first-order valence-corrected chi connectivity index (χ1v) is 7.01. The molecule has 2 amide bonds. The van der Waals surface area contributed by atoms with Crippen LogP contribution in [0.3, 0.4) is 0 Å². The van der Waals surface area contributed by atoms with E-state index in [1.165, 1.54) is 17.0 Å². The van der Waals surface area contributed by atoms with Crippen molar-refractivity contribution in [2.75, 3.05) is 18.4 Å². The van der Waals surface area contributed by atoms with Gasteiger partial charge < -0.3 is 15.3 Å². The zero-order valence-corrected chi connectivity index (χ0v) is 12.2. The van der Waals surface area contributed by atoms with E-state index >= 15 is 0 Å². The van der Waals surface area contributed by atoms with Crippen LogP contribution in [-0.2, 0) is 4.79 Å². The fourth-order valence-corrected chi connectivity index (χ4v) is 2.61. The van der Waals surface area contributed by atoms with Gasteiger partial charge in [0, 0.05) is 17.6 Å². The molecular formula is C13H14BrFN2O3. The third kappa shape index (κ3) is 3.27. The number of aliphatic carboxylic acids is 1. The van der Waals surface area contributed by atoms with Crippen molar-refractivity contribution >= 4 is 33.6 Å². The summed E-state index contributed by atoms with van der Waals surface area (Å²) in [6.07, 6.45) is 1.19. The Kier molecular flexibility index (Phi) is 4.59. The number of carbonyl (C=O) groups excluding carboxylic acids is 1. The molecule has 1 aromatic rings. The van der Waals surface area contributed by atoms with Crippen LogP contribution in [0.5, 0.6) is 0 Å². The number of hydrogen-bond acceptors (Lipinski definition) is 2. The summed E-state index contributed by atoms with van der Waals surface area (Å²) in [5.41, 5.74) is 0.0648. The van der Waals surface area contributed by atoms with Gasteiger partial charge in [-0.05, 0) is 40.9 Å². The molecule has 1 atom stereocenters. The number of halogens is 2. The molecule has 0 radical (unpaired) electrons. The van der Waals surface area contributed by atoms with Gasteiger partial charge in [0.2, 0.25) is 0 Å². The van der Waals surface area contributed by atoms with Crippen LogP contribution in [0.1, 0.15) is 12.8 Å². The molecule has 1 fully saturated rings. The molecule has 1 heterocycles. The van der Waals surface area contributed by atoms with Crippen molar-refractivity contribution in [3.8, 4) is 0 Å². The molecule has 0 unspecified atom stereocenters. The lowest BCUT2D eigenvalue weighted by molar-refractivity contribution is -0.143. The largest absolute Gasteiger partial charge is 0.481 e. The molecule has 0 aromatic heterocycles. The van der Waals surface area contributed by atoms with Gasteiger partial charge in [-0.2, -0.15) is 0 Å². The topological polar surface area (TPSA) is 69.6 Å². The Morgan fingerprint density at radius 3 is 2.85 bits per heavy atom. The van der Waals surface area contributed by atoms with Gasteiger partial charge >= 0.3 is 12.0 Å². The minimum Gasteiger partial charge on any atom is -0.481 e. The molecule has 1 aliphatic rings. The van der Waals surface area contributed by atoms with Gasteiger partial charge in [-0.25, -0.2) is 9.18 Å². The van der Waals surface area contributed by atoms with Crippen LogP contribution in [0.15, 0.2) is 22.7 Å². The number of nitrogens with one attached hydrogen (secondary N) is 1. The monoisotopic (exact) mass is 344 g/mol. The second-order valence-electron chi connectivity index (χ2n) is 4.65. The van der Waals surface area contributed by atoms with E-state index in [4.69, 9.17) is 5.11 Å². The molecule has 0 spiro atoms. The zero-order chi connectivity index (χ0) is 14.7. The number of carbonyl (C=O) groups is 2. The van der Waals surface area contributed by atoms with Crippen molar-refractivity contribution in [3.05, 3.63) is 28.5 Å². The molecular weight excluding hydrogens is 331 g/mol. The van der Waals surface area contributed by atoms with Crippen LogP contribution >= 0.6 is 15.9 Å². The van der Waals surface area contributed by atoms with Crippen molar-refractivity contribution in [1.82, 2.24) is 4.90 Å². The molecule has 108 valence electrons. The highest BCUT2D eigenvalue weighted by Gasteiger charge is 2.28. The summed E-state index contributed by atoms with van der Waals surface area (Å²) in [5, 5.41) is 11.5. The second kappa shape index (κ2) is 6.21. The molecule has 5 nitrogen and oxygen atoms in total. The molecule has 20 heavy (non-hydrogen) atoms. The Balaban J connectivity index is 2.06. The van der Waals surface area contributed by atoms with Gasteiger partial charge in [-0.3, -0.25) is 4.79 Å². The highest BCUT2D eigenvalue weighted by Crippen LogP contribution is 2.26. The van der Waals surface area contributed by atoms with Crippen LogP contribution in [0.4, 0.5) is 14.9 Å². The van der Waals surface area contributed by atoms with Crippen LogP contribution in [0.2, 0.25) is 0 Å². The SMILES string of the molecule is O=C(O)[C@H]1CCCN(C(=O)Nc2c(F)cccc2Br)C1. The molecule has 2 rings (SSSR count). The van der Waals surface area contributed by atoms with E-state index < -0.39 is 23.7 Å². The fourth-order valence-electron chi connectivity index (χ4n) is 2.17. The van der Waals surface area contributed by atoms with Gasteiger partial charge in [-0.15, -0.1) is 0 Å². The molecule has 1 saturated heterocycles. The van der Waals surface area contributed by atoms with Gasteiger partial charge in [0.25, 0.3) is 0 Å². The summed E-state index contributed by atoms with van der Waals surface area (Å²) in [6, 6.07) is 3.91. The van der Waals surface area contributed by atoms with E-state index in [-0.39, 0.29) is 12.2 Å². The van der Waals surface area contributed by atoms with E-state index in [1.807, 2.05) is 0 Å². The van der Waals surface area contributed by atoms with Crippen LogP contribution in [-0.4, -0.2) is 35.1 Å². The molecule has 0 bridgehead atoms. The lowest BCUT2D eigenvalue weighted by Gasteiger charge is -2.30. The maximum absolute atomic E-state index is 13.6. The highest BCUT2D eigenvalue weighted by molar-refractivity contribution is 9.10. The average molecular weight is 345 g/mol. The molecule has 1 aliphatic heterocycles.